The lowest BCUT2D eigenvalue weighted by Gasteiger charge is -2.15. The standard InChI is InChI=1S/C13H14ClN3/c1-9(15)10-4-2-3-5-12(10)17-13-6-7-16-8-11(13)14/h2-9H,15H2,1H3,(H,16,17). The summed E-state index contributed by atoms with van der Waals surface area (Å²) in [4.78, 5) is 3.95. The highest BCUT2D eigenvalue weighted by atomic mass is 35.5. The van der Waals surface area contributed by atoms with Gasteiger partial charge in [0, 0.05) is 24.1 Å². The Bertz CT molecular complexity index is 512. The van der Waals surface area contributed by atoms with E-state index in [4.69, 9.17) is 17.3 Å². The zero-order valence-electron chi connectivity index (χ0n) is 9.52. The Morgan fingerprint density at radius 3 is 2.71 bits per heavy atom. The predicted octanol–water partition coefficient (Wildman–Crippen LogP) is 3.50. The normalized spacial score (nSPS) is 12.2. The number of nitrogens with two attached hydrogens (primary N) is 1. The zero-order valence-corrected chi connectivity index (χ0v) is 10.3. The molecule has 1 aromatic heterocycles. The summed E-state index contributed by atoms with van der Waals surface area (Å²) in [5, 5.41) is 3.86. The van der Waals surface area contributed by atoms with E-state index in [-0.39, 0.29) is 6.04 Å². The molecule has 17 heavy (non-hydrogen) atoms. The Morgan fingerprint density at radius 2 is 2.00 bits per heavy atom. The summed E-state index contributed by atoms with van der Waals surface area (Å²) >= 11 is 6.05. The van der Waals surface area contributed by atoms with E-state index in [2.05, 4.69) is 10.3 Å². The molecule has 1 atom stereocenters. The summed E-state index contributed by atoms with van der Waals surface area (Å²) in [5.41, 5.74) is 8.77. The molecule has 0 bridgehead atoms. The summed E-state index contributed by atoms with van der Waals surface area (Å²) in [6, 6.07) is 9.72. The van der Waals surface area contributed by atoms with Crippen LogP contribution < -0.4 is 11.1 Å². The van der Waals surface area contributed by atoms with Crippen molar-refractivity contribution in [3.8, 4) is 0 Å². The van der Waals surface area contributed by atoms with Crippen molar-refractivity contribution in [1.82, 2.24) is 4.98 Å². The summed E-state index contributed by atoms with van der Waals surface area (Å²) in [7, 11) is 0. The second-order valence-electron chi connectivity index (χ2n) is 3.86. The molecule has 0 saturated carbocycles. The highest BCUT2D eigenvalue weighted by molar-refractivity contribution is 6.33. The predicted molar refractivity (Wildman–Crippen MR) is 71.6 cm³/mol. The van der Waals surface area contributed by atoms with Crippen molar-refractivity contribution in [3.63, 3.8) is 0 Å². The van der Waals surface area contributed by atoms with E-state index in [1.807, 2.05) is 37.3 Å². The first-order chi connectivity index (χ1) is 8.18. The molecule has 1 aromatic carbocycles. The van der Waals surface area contributed by atoms with Crippen LogP contribution in [0.5, 0.6) is 0 Å². The van der Waals surface area contributed by atoms with Crippen LogP contribution in [0.4, 0.5) is 11.4 Å². The van der Waals surface area contributed by atoms with E-state index in [0.717, 1.165) is 16.9 Å². The average Bonchev–Trinajstić information content (AvgIpc) is 2.32. The molecule has 2 rings (SSSR count). The highest BCUT2D eigenvalue weighted by Gasteiger charge is 2.07. The first kappa shape index (κ1) is 11.9. The van der Waals surface area contributed by atoms with Gasteiger partial charge in [-0.2, -0.15) is 0 Å². The van der Waals surface area contributed by atoms with E-state index in [1.165, 1.54) is 0 Å². The van der Waals surface area contributed by atoms with Gasteiger partial charge in [-0.05, 0) is 24.6 Å². The topological polar surface area (TPSA) is 50.9 Å². The molecule has 0 fully saturated rings. The molecule has 1 unspecified atom stereocenters. The van der Waals surface area contributed by atoms with E-state index in [0.29, 0.717) is 5.02 Å². The number of nitrogens with one attached hydrogen (secondary N) is 1. The minimum absolute atomic E-state index is 0.0284. The molecule has 0 aliphatic carbocycles. The Hall–Kier alpha value is -1.58. The van der Waals surface area contributed by atoms with Crippen molar-refractivity contribution in [3.05, 3.63) is 53.3 Å². The molecule has 0 radical (unpaired) electrons. The van der Waals surface area contributed by atoms with E-state index >= 15 is 0 Å². The van der Waals surface area contributed by atoms with Gasteiger partial charge in [-0.15, -0.1) is 0 Å². The van der Waals surface area contributed by atoms with Gasteiger partial charge in [0.25, 0.3) is 0 Å². The van der Waals surface area contributed by atoms with Crippen LogP contribution in [0.3, 0.4) is 0 Å². The van der Waals surface area contributed by atoms with Gasteiger partial charge in [0.1, 0.15) is 0 Å². The third-order valence-corrected chi connectivity index (χ3v) is 2.79. The largest absolute Gasteiger partial charge is 0.354 e. The number of pyridine rings is 1. The third-order valence-electron chi connectivity index (χ3n) is 2.49. The molecule has 0 spiro atoms. The lowest BCUT2D eigenvalue weighted by atomic mass is 10.1. The molecule has 4 heteroatoms. The molecule has 1 heterocycles. The fourth-order valence-electron chi connectivity index (χ4n) is 1.63. The molecule has 3 nitrogen and oxygen atoms in total. The third kappa shape index (κ3) is 2.75. The van der Waals surface area contributed by atoms with Gasteiger partial charge in [-0.3, -0.25) is 4.98 Å². The quantitative estimate of drug-likeness (QED) is 0.873. The molecular weight excluding hydrogens is 234 g/mol. The average molecular weight is 248 g/mol. The molecule has 0 aliphatic heterocycles. The fourth-order valence-corrected chi connectivity index (χ4v) is 1.80. The van der Waals surface area contributed by atoms with Gasteiger partial charge in [0.05, 0.1) is 10.7 Å². The van der Waals surface area contributed by atoms with Gasteiger partial charge in [-0.1, -0.05) is 29.8 Å². The van der Waals surface area contributed by atoms with Crippen LogP contribution in [-0.2, 0) is 0 Å². The fraction of sp³-hybridized carbons (Fsp3) is 0.154. The van der Waals surface area contributed by atoms with Crippen molar-refractivity contribution in [2.24, 2.45) is 5.73 Å². The van der Waals surface area contributed by atoms with Gasteiger partial charge >= 0.3 is 0 Å². The first-order valence-electron chi connectivity index (χ1n) is 5.39. The van der Waals surface area contributed by atoms with Crippen LogP contribution in [0.1, 0.15) is 18.5 Å². The summed E-state index contributed by atoms with van der Waals surface area (Å²) < 4.78 is 0. The summed E-state index contributed by atoms with van der Waals surface area (Å²) in [6.45, 7) is 1.95. The van der Waals surface area contributed by atoms with Gasteiger partial charge in [0.2, 0.25) is 0 Å². The number of rotatable bonds is 3. The van der Waals surface area contributed by atoms with Crippen molar-refractivity contribution < 1.29 is 0 Å². The zero-order chi connectivity index (χ0) is 12.3. The van der Waals surface area contributed by atoms with Gasteiger partial charge < -0.3 is 11.1 Å². The number of anilines is 2. The van der Waals surface area contributed by atoms with Crippen LogP contribution in [0, 0.1) is 0 Å². The number of hydrogen-bond donors (Lipinski definition) is 2. The lowest BCUT2D eigenvalue weighted by molar-refractivity contribution is 0.820. The lowest BCUT2D eigenvalue weighted by Crippen LogP contribution is -2.08. The van der Waals surface area contributed by atoms with Crippen LogP contribution in [0.2, 0.25) is 5.02 Å². The molecule has 0 amide bonds. The van der Waals surface area contributed by atoms with Gasteiger partial charge in [0.15, 0.2) is 0 Å². The molecule has 3 N–H and O–H groups in total. The minimum Gasteiger partial charge on any atom is -0.354 e. The maximum absolute atomic E-state index is 6.05. The SMILES string of the molecule is CC(N)c1ccccc1Nc1ccncc1Cl. The van der Waals surface area contributed by atoms with Crippen molar-refractivity contribution in [2.45, 2.75) is 13.0 Å². The van der Waals surface area contributed by atoms with E-state index in [9.17, 15) is 0 Å². The number of aromatic nitrogens is 1. The number of nitrogens with zero attached hydrogens (tertiary/aromatic N) is 1. The Labute approximate surface area is 106 Å². The summed E-state index contributed by atoms with van der Waals surface area (Å²) in [6.07, 6.45) is 3.31. The van der Waals surface area contributed by atoms with Crippen LogP contribution >= 0.6 is 11.6 Å². The minimum atomic E-state index is -0.0284. The van der Waals surface area contributed by atoms with Crippen LogP contribution in [-0.4, -0.2) is 4.98 Å². The maximum atomic E-state index is 6.05. The second kappa shape index (κ2) is 5.17. The monoisotopic (exact) mass is 247 g/mol. The summed E-state index contributed by atoms with van der Waals surface area (Å²) in [5.74, 6) is 0. The Kier molecular flexibility index (Phi) is 3.61. The Balaban J connectivity index is 2.34. The van der Waals surface area contributed by atoms with Gasteiger partial charge in [-0.25, -0.2) is 0 Å². The molecule has 88 valence electrons. The van der Waals surface area contributed by atoms with E-state index < -0.39 is 0 Å². The first-order valence-corrected chi connectivity index (χ1v) is 5.77. The molecule has 0 aliphatic rings. The number of benzene rings is 1. The highest BCUT2D eigenvalue weighted by Crippen LogP contribution is 2.28. The Morgan fingerprint density at radius 1 is 1.24 bits per heavy atom. The number of para-hydroxylation sites is 1. The molecule has 0 saturated heterocycles. The van der Waals surface area contributed by atoms with Crippen molar-refractivity contribution >= 4 is 23.0 Å². The number of halogens is 1. The number of hydrogen-bond acceptors (Lipinski definition) is 3. The van der Waals surface area contributed by atoms with Crippen molar-refractivity contribution in [1.29, 1.82) is 0 Å². The van der Waals surface area contributed by atoms with Crippen LogP contribution in [0.25, 0.3) is 0 Å². The van der Waals surface area contributed by atoms with Crippen molar-refractivity contribution in [2.75, 3.05) is 5.32 Å². The van der Waals surface area contributed by atoms with Crippen LogP contribution in [0.15, 0.2) is 42.7 Å². The second-order valence-corrected chi connectivity index (χ2v) is 4.26. The maximum Gasteiger partial charge on any atom is 0.0824 e. The molecule has 2 aromatic rings. The smallest absolute Gasteiger partial charge is 0.0824 e. The molecular formula is C13H14ClN3. The van der Waals surface area contributed by atoms with E-state index in [1.54, 1.807) is 12.4 Å².